The summed E-state index contributed by atoms with van der Waals surface area (Å²) in [5.41, 5.74) is 2.72. The second-order valence-corrected chi connectivity index (χ2v) is 8.21. The van der Waals surface area contributed by atoms with Gasteiger partial charge in [0.15, 0.2) is 0 Å². The first-order chi connectivity index (χ1) is 11.8. The summed E-state index contributed by atoms with van der Waals surface area (Å²) in [6.07, 6.45) is 0. The molecule has 0 saturated heterocycles. The summed E-state index contributed by atoms with van der Waals surface area (Å²) in [5.74, 6) is -0.112. The van der Waals surface area contributed by atoms with Crippen molar-refractivity contribution in [2.45, 2.75) is 25.3 Å². The Balaban J connectivity index is 2.22. The predicted molar refractivity (Wildman–Crippen MR) is 98.9 cm³/mol. The number of sulfonamides is 1. The van der Waals surface area contributed by atoms with Gasteiger partial charge in [-0.15, -0.1) is 0 Å². The number of carbonyl (C=O) groups excluding carboxylic acids is 1. The Hall–Kier alpha value is -2.18. The van der Waals surface area contributed by atoms with E-state index >= 15 is 0 Å². The van der Waals surface area contributed by atoms with Crippen LogP contribution < -0.4 is 0 Å². The third-order valence-electron chi connectivity index (χ3n) is 4.17. The minimum atomic E-state index is -3.49. The first-order valence-corrected chi connectivity index (χ1v) is 9.57. The van der Waals surface area contributed by atoms with Crippen LogP contribution in [0.25, 0.3) is 0 Å². The smallest absolute Gasteiger partial charge is 0.254 e. The molecule has 6 heteroatoms. The monoisotopic (exact) mass is 360 g/mol. The van der Waals surface area contributed by atoms with Crippen LogP contribution in [0.15, 0.2) is 53.4 Å². The highest BCUT2D eigenvalue weighted by atomic mass is 32.2. The summed E-state index contributed by atoms with van der Waals surface area (Å²) in [6, 6.07) is 14.1. The predicted octanol–water partition coefficient (Wildman–Crippen LogP) is 2.91. The average molecular weight is 360 g/mol. The molecule has 0 spiro atoms. The number of rotatable bonds is 6. The molecule has 0 N–H and O–H groups in total. The summed E-state index contributed by atoms with van der Waals surface area (Å²) in [6.45, 7) is 5.06. The van der Waals surface area contributed by atoms with Gasteiger partial charge in [0.05, 0.1) is 4.90 Å². The van der Waals surface area contributed by atoms with Crippen molar-refractivity contribution < 1.29 is 13.2 Å². The van der Waals surface area contributed by atoms with E-state index in [0.29, 0.717) is 18.7 Å². The summed E-state index contributed by atoms with van der Waals surface area (Å²) >= 11 is 0. The van der Waals surface area contributed by atoms with E-state index < -0.39 is 10.0 Å². The average Bonchev–Trinajstić information content (AvgIpc) is 2.60. The van der Waals surface area contributed by atoms with E-state index in [9.17, 15) is 13.2 Å². The molecule has 134 valence electrons. The number of amides is 1. The van der Waals surface area contributed by atoms with Crippen molar-refractivity contribution in [1.29, 1.82) is 0 Å². The molecule has 2 aromatic carbocycles. The van der Waals surface area contributed by atoms with E-state index in [0.717, 1.165) is 15.4 Å². The molecule has 25 heavy (non-hydrogen) atoms. The molecule has 0 aliphatic heterocycles. The Labute approximate surface area is 149 Å². The van der Waals surface area contributed by atoms with Crippen molar-refractivity contribution >= 4 is 15.9 Å². The number of carbonyl (C=O) groups is 1. The second-order valence-electron chi connectivity index (χ2n) is 6.06. The van der Waals surface area contributed by atoms with Crippen molar-refractivity contribution in [1.82, 2.24) is 9.21 Å². The Bertz CT molecular complexity index is 843. The summed E-state index contributed by atoms with van der Waals surface area (Å²) < 4.78 is 25.4. The third-order valence-corrected chi connectivity index (χ3v) is 6.00. The molecule has 0 unspecified atom stereocenters. The van der Waals surface area contributed by atoms with E-state index in [1.54, 1.807) is 17.0 Å². The zero-order valence-corrected chi connectivity index (χ0v) is 15.9. The van der Waals surface area contributed by atoms with E-state index in [1.165, 1.54) is 26.2 Å². The van der Waals surface area contributed by atoms with Gasteiger partial charge in [-0.05, 0) is 49.2 Å². The highest BCUT2D eigenvalue weighted by Crippen LogP contribution is 2.17. The van der Waals surface area contributed by atoms with Crippen LogP contribution in [0, 0.1) is 6.92 Å². The molecule has 0 atom stereocenters. The van der Waals surface area contributed by atoms with E-state index in [-0.39, 0.29) is 10.8 Å². The fourth-order valence-corrected chi connectivity index (χ4v) is 3.38. The lowest BCUT2D eigenvalue weighted by atomic mass is 10.1. The number of benzene rings is 2. The van der Waals surface area contributed by atoms with Gasteiger partial charge in [0.2, 0.25) is 10.0 Å². The minimum absolute atomic E-state index is 0.112. The van der Waals surface area contributed by atoms with E-state index in [1.807, 2.05) is 38.1 Å². The van der Waals surface area contributed by atoms with Gasteiger partial charge in [-0.3, -0.25) is 4.79 Å². The van der Waals surface area contributed by atoms with Crippen molar-refractivity contribution in [2.75, 3.05) is 20.6 Å². The Morgan fingerprint density at radius 3 is 2.12 bits per heavy atom. The quantitative estimate of drug-likeness (QED) is 0.796. The van der Waals surface area contributed by atoms with Crippen molar-refractivity contribution in [2.24, 2.45) is 0 Å². The van der Waals surface area contributed by atoms with Gasteiger partial charge in [-0.2, -0.15) is 0 Å². The molecular weight excluding hydrogens is 336 g/mol. The van der Waals surface area contributed by atoms with E-state index in [2.05, 4.69) is 0 Å². The molecule has 0 heterocycles. The molecule has 0 aliphatic rings. The lowest BCUT2D eigenvalue weighted by Crippen LogP contribution is -2.30. The Kier molecular flexibility index (Phi) is 5.98. The van der Waals surface area contributed by atoms with Crippen molar-refractivity contribution in [3.05, 3.63) is 65.2 Å². The molecule has 0 aromatic heterocycles. The van der Waals surface area contributed by atoms with Gasteiger partial charge < -0.3 is 4.90 Å². The van der Waals surface area contributed by atoms with Crippen LogP contribution in [0.4, 0.5) is 0 Å². The molecule has 0 radical (unpaired) electrons. The van der Waals surface area contributed by atoms with Crippen LogP contribution in [-0.2, 0) is 16.6 Å². The molecule has 0 aliphatic carbocycles. The molecule has 0 fully saturated rings. The van der Waals surface area contributed by atoms with Crippen LogP contribution in [0.1, 0.15) is 28.4 Å². The fourth-order valence-electron chi connectivity index (χ4n) is 2.48. The minimum Gasteiger partial charge on any atom is -0.335 e. The van der Waals surface area contributed by atoms with Crippen LogP contribution >= 0.6 is 0 Å². The number of hydrogen-bond acceptors (Lipinski definition) is 3. The molecule has 2 aromatic rings. The van der Waals surface area contributed by atoms with Crippen LogP contribution in [0.5, 0.6) is 0 Å². The molecule has 1 amide bonds. The second kappa shape index (κ2) is 7.80. The zero-order valence-electron chi connectivity index (χ0n) is 15.1. The highest BCUT2D eigenvalue weighted by molar-refractivity contribution is 7.89. The summed E-state index contributed by atoms with van der Waals surface area (Å²) in [4.78, 5) is 14.7. The first kappa shape index (κ1) is 19.1. The lowest BCUT2D eigenvalue weighted by molar-refractivity contribution is 0.0752. The maximum atomic E-state index is 12.8. The van der Waals surface area contributed by atoms with Gasteiger partial charge in [-0.1, -0.05) is 24.3 Å². The van der Waals surface area contributed by atoms with Crippen molar-refractivity contribution in [3.63, 3.8) is 0 Å². The molecule has 0 bridgehead atoms. The van der Waals surface area contributed by atoms with Crippen molar-refractivity contribution in [3.8, 4) is 0 Å². The largest absolute Gasteiger partial charge is 0.335 e. The van der Waals surface area contributed by atoms with Gasteiger partial charge in [-0.25, -0.2) is 12.7 Å². The normalized spacial score (nSPS) is 11.6. The molecular formula is C19H24N2O3S. The van der Waals surface area contributed by atoms with Crippen LogP contribution in [0.2, 0.25) is 0 Å². The van der Waals surface area contributed by atoms with Gasteiger partial charge in [0.25, 0.3) is 5.91 Å². The Morgan fingerprint density at radius 1 is 1.00 bits per heavy atom. The number of hydrogen-bond donors (Lipinski definition) is 0. The number of aryl methyl sites for hydroxylation is 1. The van der Waals surface area contributed by atoms with E-state index in [4.69, 9.17) is 0 Å². The molecule has 5 nitrogen and oxygen atoms in total. The SMILES string of the molecule is CCN(Cc1ccccc1C)C(=O)c1ccc(S(=O)(=O)N(C)C)cc1. The zero-order chi connectivity index (χ0) is 18.6. The highest BCUT2D eigenvalue weighted by Gasteiger charge is 2.19. The van der Waals surface area contributed by atoms with Crippen LogP contribution in [0.3, 0.4) is 0 Å². The summed E-state index contributed by atoms with van der Waals surface area (Å²) in [5, 5.41) is 0. The third kappa shape index (κ3) is 4.27. The summed E-state index contributed by atoms with van der Waals surface area (Å²) in [7, 11) is -0.528. The topological polar surface area (TPSA) is 57.7 Å². The number of nitrogens with zero attached hydrogens (tertiary/aromatic N) is 2. The first-order valence-electron chi connectivity index (χ1n) is 8.13. The fraction of sp³-hybridized carbons (Fsp3) is 0.316. The maximum absolute atomic E-state index is 12.8. The van der Waals surface area contributed by atoms with Gasteiger partial charge in [0, 0.05) is 32.7 Å². The van der Waals surface area contributed by atoms with Crippen LogP contribution in [-0.4, -0.2) is 44.2 Å². The molecule has 0 saturated carbocycles. The van der Waals surface area contributed by atoms with Gasteiger partial charge in [0.1, 0.15) is 0 Å². The van der Waals surface area contributed by atoms with Gasteiger partial charge >= 0.3 is 0 Å². The molecule has 2 rings (SSSR count). The maximum Gasteiger partial charge on any atom is 0.254 e. The lowest BCUT2D eigenvalue weighted by Gasteiger charge is -2.22. The Morgan fingerprint density at radius 2 is 1.60 bits per heavy atom. The standard InChI is InChI=1S/C19H24N2O3S/c1-5-21(14-17-9-7-6-8-15(17)2)19(22)16-10-12-18(13-11-16)25(23,24)20(3)4/h6-13H,5,14H2,1-4H3.